The van der Waals surface area contributed by atoms with Crippen LogP contribution in [0.3, 0.4) is 0 Å². The van der Waals surface area contributed by atoms with E-state index >= 15 is 0 Å². The number of methoxy groups -OCH3 is 1. The fourth-order valence-electron chi connectivity index (χ4n) is 5.23. The van der Waals surface area contributed by atoms with Crippen molar-refractivity contribution in [3.05, 3.63) is 89.5 Å². The molecule has 1 spiro atoms. The quantitative estimate of drug-likeness (QED) is 0.384. The lowest BCUT2D eigenvalue weighted by Crippen LogP contribution is -2.48. The Morgan fingerprint density at radius 2 is 1.65 bits per heavy atom. The van der Waals surface area contributed by atoms with Crippen LogP contribution in [0.15, 0.2) is 72.8 Å². The van der Waals surface area contributed by atoms with E-state index in [1.165, 1.54) is 19.2 Å². The molecule has 0 N–H and O–H groups in total. The number of rotatable bonds is 4. The Bertz CT molecular complexity index is 1250. The van der Waals surface area contributed by atoms with Crippen LogP contribution in [-0.2, 0) is 17.5 Å². The minimum absolute atomic E-state index is 0.346. The molecule has 0 aromatic heterocycles. The lowest BCUT2D eigenvalue weighted by atomic mass is 9.87. The van der Waals surface area contributed by atoms with E-state index in [2.05, 4.69) is 9.80 Å². The van der Waals surface area contributed by atoms with Crippen LogP contribution >= 0.6 is 0 Å². The van der Waals surface area contributed by atoms with Crippen molar-refractivity contribution in [1.29, 1.82) is 0 Å². The number of esters is 1. The highest BCUT2D eigenvalue weighted by Gasteiger charge is 2.40. The Labute approximate surface area is 214 Å². The van der Waals surface area contributed by atoms with Crippen molar-refractivity contribution in [2.24, 2.45) is 0 Å². The summed E-state index contributed by atoms with van der Waals surface area (Å²) < 4.78 is 51.2. The number of hydrogen-bond acceptors (Lipinski definition) is 5. The molecule has 2 heterocycles. The summed E-state index contributed by atoms with van der Waals surface area (Å²) in [5.74, 6) is 0.409. The predicted octanol–water partition coefficient (Wildman–Crippen LogP) is 6.32. The molecule has 37 heavy (non-hydrogen) atoms. The summed E-state index contributed by atoms with van der Waals surface area (Å²) in [5, 5.41) is 0. The first-order valence-electron chi connectivity index (χ1n) is 12.4. The van der Waals surface area contributed by atoms with Gasteiger partial charge >= 0.3 is 12.1 Å². The number of hydrogen-bond donors (Lipinski definition) is 0. The molecule has 2 aliphatic rings. The fraction of sp³-hybridized carbons (Fsp3) is 0.345. The highest BCUT2D eigenvalue weighted by atomic mass is 19.4. The van der Waals surface area contributed by atoms with Gasteiger partial charge in [0.15, 0.2) is 0 Å². The summed E-state index contributed by atoms with van der Waals surface area (Å²) in [6, 6.07) is 20.7. The molecule has 0 amide bonds. The topological polar surface area (TPSA) is 42.0 Å². The van der Waals surface area contributed by atoms with E-state index in [1.54, 1.807) is 18.2 Å². The largest absolute Gasteiger partial charge is 0.485 e. The van der Waals surface area contributed by atoms with Gasteiger partial charge in [-0.15, -0.1) is 0 Å². The number of piperidine rings is 1. The summed E-state index contributed by atoms with van der Waals surface area (Å²) in [6.45, 7) is 2.65. The fourth-order valence-corrected chi connectivity index (χ4v) is 5.23. The molecule has 5 nitrogen and oxygen atoms in total. The highest BCUT2D eigenvalue weighted by Crippen LogP contribution is 2.41. The summed E-state index contributed by atoms with van der Waals surface area (Å²) in [5.41, 5.74) is 2.10. The summed E-state index contributed by atoms with van der Waals surface area (Å²) >= 11 is 0. The van der Waals surface area contributed by atoms with Crippen LogP contribution < -0.4 is 14.5 Å². The second-order valence-electron chi connectivity index (χ2n) is 9.65. The van der Waals surface area contributed by atoms with Gasteiger partial charge in [-0.3, -0.25) is 0 Å². The molecule has 0 radical (unpaired) electrons. The van der Waals surface area contributed by atoms with Crippen LogP contribution in [0.25, 0.3) is 0 Å². The standard InChI is InChI=1S/C29H29F3N2O3/c1-36-27(35)22-9-11-24(12-10-22)33-16-13-28(14-17-33)15-18-34(25-7-2-3-8-26(25)37-28)20-21-5-4-6-23(19-21)29(30,31)32/h2-12,19H,13-18,20H2,1H3. The maximum Gasteiger partial charge on any atom is 0.416 e. The molecule has 194 valence electrons. The first-order valence-corrected chi connectivity index (χ1v) is 12.4. The second-order valence-corrected chi connectivity index (χ2v) is 9.65. The van der Waals surface area contributed by atoms with E-state index in [1.807, 2.05) is 36.4 Å². The molecular formula is C29H29F3N2O3. The summed E-state index contributed by atoms with van der Waals surface area (Å²) in [6.07, 6.45) is -1.96. The first-order chi connectivity index (χ1) is 17.8. The summed E-state index contributed by atoms with van der Waals surface area (Å²) in [7, 11) is 1.37. The van der Waals surface area contributed by atoms with Gasteiger partial charge in [-0.05, 0) is 54.1 Å². The average Bonchev–Trinajstić information content (AvgIpc) is 3.05. The zero-order valence-corrected chi connectivity index (χ0v) is 20.6. The molecule has 1 fully saturated rings. The van der Waals surface area contributed by atoms with Crippen molar-refractivity contribution in [3.8, 4) is 5.75 Å². The van der Waals surface area contributed by atoms with Crippen molar-refractivity contribution >= 4 is 17.3 Å². The molecule has 0 unspecified atom stereocenters. The van der Waals surface area contributed by atoms with Crippen molar-refractivity contribution < 1.29 is 27.4 Å². The molecule has 3 aromatic rings. The smallest absolute Gasteiger partial charge is 0.416 e. The van der Waals surface area contributed by atoms with Crippen LogP contribution in [0.2, 0.25) is 0 Å². The number of alkyl halides is 3. The van der Waals surface area contributed by atoms with E-state index in [0.717, 1.165) is 55.5 Å². The van der Waals surface area contributed by atoms with Gasteiger partial charge in [0.2, 0.25) is 0 Å². The highest BCUT2D eigenvalue weighted by molar-refractivity contribution is 5.89. The van der Waals surface area contributed by atoms with Crippen LogP contribution in [0.4, 0.5) is 24.5 Å². The molecule has 0 atom stereocenters. The lowest BCUT2D eigenvalue weighted by molar-refractivity contribution is -0.137. The van der Waals surface area contributed by atoms with Gasteiger partial charge in [-0.25, -0.2) is 4.79 Å². The molecule has 2 aliphatic heterocycles. The van der Waals surface area contributed by atoms with Gasteiger partial charge in [-0.2, -0.15) is 13.2 Å². The Kier molecular flexibility index (Phi) is 6.75. The number of para-hydroxylation sites is 2. The molecule has 1 saturated heterocycles. The number of nitrogens with zero attached hydrogens (tertiary/aromatic N) is 2. The van der Waals surface area contributed by atoms with Gasteiger partial charge in [0.25, 0.3) is 0 Å². The van der Waals surface area contributed by atoms with Gasteiger partial charge < -0.3 is 19.3 Å². The lowest BCUT2D eigenvalue weighted by Gasteiger charge is -2.42. The van der Waals surface area contributed by atoms with E-state index in [-0.39, 0.29) is 11.6 Å². The van der Waals surface area contributed by atoms with E-state index in [9.17, 15) is 18.0 Å². The third-order valence-electron chi connectivity index (χ3n) is 7.33. The van der Waals surface area contributed by atoms with Crippen molar-refractivity contribution in [2.45, 2.75) is 37.6 Å². The van der Waals surface area contributed by atoms with E-state index in [4.69, 9.17) is 9.47 Å². The zero-order valence-electron chi connectivity index (χ0n) is 20.6. The van der Waals surface area contributed by atoms with Crippen LogP contribution in [0, 0.1) is 0 Å². The minimum Gasteiger partial charge on any atom is -0.485 e. The molecule has 0 bridgehead atoms. The minimum atomic E-state index is -4.37. The normalized spacial score (nSPS) is 17.1. The Morgan fingerprint density at radius 1 is 0.946 bits per heavy atom. The second kappa shape index (κ2) is 10.00. The Morgan fingerprint density at radius 3 is 2.35 bits per heavy atom. The third kappa shape index (κ3) is 5.38. The van der Waals surface area contributed by atoms with E-state index < -0.39 is 11.7 Å². The Hall–Kier alpha value is -3.68. The van der Waals surface area contributed by atoms with Crippen LogP contribution in [0.1, 0.15) is 40.7 Å². The number of halogens is 3. The third-order valence-corrected chi connectivity index (χ3v) is 7.33. The number of carbonyl (C=O) groups is 1. The molecule has 0 aliphatic carbocycles. The van der Waals surface area contributed by atoms with Crippen molar-refractivity contribution in [1.82, 2.24) is 0 Å². The van der Waals surface area contributed by atoms with Crippen molar-refractivity contribution in [2.75, 3.05) is 36.5 Å². The zero-order chi connectivity index (χ0) is 26.0. The van der Waals surface area contributed by atoms with Gasteiger partial charge in [0, 0.05) is 51.1 Å². The molecule has 3 aromatic carbocycles. The molecular weight excluding hydrogens is 481 g/mol. The van der Waals surface area contributed by atoms with Crippen LogP contribution in [0.5, 0.6) is 5.75 Å². The molecule has 0 saturated carbocycles. The van der Waals surface area contributed by atoms with Crippen molar-refractivity contribution in [3.63, 3.8) is 0 Å². The number of fused-ring (bicyclic) bond motifs is 1. The number of anilines is 2. The number of ether oxygens (including phenoxy) is 2. The maximum atomic E-state index is 13.3. The van der Waals surface area contributed by atoms with Gasteiger partial charge in [0.1, 0.15) is 11.4 Å². The first kappa shape index (κ1) is 25.0. The number of benzene rings is 3. The number of carbonyl (C=O) groups excluding carboxylic acids is 1. The average molecular weight is 511 g/mol. The molecule has 5 rings (SSSR count). The SMILES string of the molecule is COC(=O)c1ccc(N2CCC3(CC2)CCN(Cc2cccc(C(F)(F)F)c2)c2ccccc2O3)cc1. The van der Waals surface area contributed by atoms with E-state index in [0.29, 0.717) is 24.2 Å². The Balaban J connectivity index is 1.31. The predicted molar refractivity (Wildman–Crippen MR) is 136 cm³/mol. The van der Waals surface area contributed by atoms with Gasteiger partial charge in [-0.1, -0.05) is 24.3 Å². The molecule has 8 heteroatoms. The van der Waals surface area contributed by atoms with Gasteiger partial charge in [0.05, 0.1) is 23.9 Å². The monoisotopic (exact) mass is 510 g/mol. The summed E-state index contributed by atoms with van der Waals surface area (Å²) in [4.78, 5) is 16.1. The van der Waals surface area contributed by atoms with Crippen LogP contribution in [-0.4, -0.2) is 38.3 Å². The maximum absolute atomic E-state index is 13.3.